The van der Waals surface area contributed by atoms with Crippen molar-refractivity contribution in [2.75, 3.05) is 13.2 Å². The average Bonchev–Trinajstić information content (AvgIpc) is 2.36. The van der Waals surface area contributed by atoms with Crippen molar-refractivity contribution in [3.8, 4) is 0 Å². The smallest absolute Gasteiger partial charge is 0.303 e. The number of hydrogen-bond donors (Lipinski definition) is 0. The lowest BCUT2D eigenvalue weighted by molar-refractivity contribution is -0.160. The standard InChI is InChI=1S/C14H18O5/c1-11(15)18-10-14(19-12(2)16)9-17-8-13-6-4-3-5-7-13/h3-7,14H,8-10H2,1-2H3/t14-/m0/s1. The summed E-state index contributed by atoms with van der Waals surface area (Å²) >= 11 is 0. The van der Waals surface area contributed by atoms with Crippen LogP contribution < -0.4 is 0 Å². The number of carbonyl (C=O) groups excluding carboxylic acids is 2. The van der Waals surface area contributed by atoms with Crippen LogP contribution in [0.25, 0.3) is 0 Å². The highest BCUT2D eigenvalue weighted by molar-refractivity contribution is 5.67. The fraction of sp³-hybridized carbons (Fsp3) is 0.429. The van der Waals surface area contributed by atoms with Gasteiger partial charge < -0.3 is 14.2 Å². The van der Waals surface area contributed by atoms with Gasteiger partial charge in [0.25, 0.3) is 0 Å². The predicted molar refractivity (Wildman–Crippen MR) is 68.3 cm³/mol. The second-order valence-electron chi connectivity index (χ2n) is 4.03. The summed E-state index contributed by atoms with van der Waals surface area (Å²) in [6, 6.07) is 9.63. The molecule has 1 aromatic rings. The minimum absolute atomic E-state index is 0.00367. The number of benzene rings is 1. The molecule has 1 atom stereocenters. The second-order valence-corrected chi connectivity index (χ2v) is 4.03. The number of ether oxygens (including phenoxy) is 3. The van der Waals surface area contributed by atoms with Crippen LogP contribution in [0.5, 0.6) is 0 Å². The van der Waals surface area contributed by atoms with E-state index in [0.717, 1.165) is 5.56 Å². The van der Waals surface area contributed by atoms with Crippen molar-refractivity contribution in [1.29, 1.82) is 0 Å². The van der Waals surface area contributed by atoms with Gasteiger partial charge in [0.15, 0.2) is 6.10 Å². The molecule has 0 aliphatic carbocycles. The third-order valence-corrected chi connectivity index (χ3v) is 2.22. The zero-order chi connectivity index (χ0) is 14.1. The Hall–Kier alpha value is -1.88. The van der Waals surface area contributed by atoms with Crippen LogP contribution in [-0.4, -0.2) is 31.3 Å². The maximum absolute atomic E-state index is 10.9. The SMILES string of the molecule is CC(=O)OC[C@H](COCc1ccccc1)OC(C)=O. The molecule has 5 nitrogen and oxygen atoms in total. The first-order valence-electron chi connectivity index (χ1n) is 6.00. The minimum Gasteiger partial charge on any atom is -0.462 e. The molecule has 0 heterocycles. The fourth-order valence-corrected chi connectivity index (χ4v) is 1.44. The second kappa shape index (κ2) is 8.26. The topological polar surface area (TPSA) is 61.8 Å². The molecule has 0 aromatic heterocycles. The van der Waals surface area contributed by atoms with Gasteiger partial charge in [0.2, 0.25) is 0 Å². The monoisotopic (exact) mass is 266 g/mol. The normalized spacial score (nSPS) is 11.7. The summed E-state index contributed by atoms with van der Waals surface area (Å²) in [5, 5.41) is 0. The van der Waals surface area contributed by atoms with Crippen LogP contribution in [0.2, 0.25) is 0 Å². The summed E-state index contributed by atoms with van der Waals surface area (Å²) in [6.45, 7) is 3.21. The molecular weight excluding hydrogens is 248 g/mol. The summed E-state index contributed by atoms with van der Waals surface area (Å²) in [7, 11) is 0. The zero-order valence-corrected chi connectivity index (χ0v) is 11.1. The molecule has 0 saturated heterocycles. The summed E-state index contributed by atoms with van der Waals surface area (Å²) in [4.78, 5) is 21.6. The van der Waals surface area contributed by atoms with Gasteiger partial charge in [-0.15, -0.1) is 0 Å². The molecule has 0 aliphatic heterocycles. The Morgan fingerprint density at radius 3 is 2.32 bits per heavy atom. The quantitative estimate of drug-likeness (QED) is 0.703. The molecule has 1 aromatic carbocycles. The largest absolute Gasteiger partial charge is 0.462 e. The Morgan fingerprint density at radius 1 is 1.05 bits per heavy atom. The van der Waals surface area contributed by atoms with E-state index >= 15 is 0 Å². The molecular formula is C14H18O5. The highest BCUT2D eigenvalue weighted by Crippen LogP contribution is 2.03. The first-order valence-corrected chi connectivity index (χ1v) is 6.00. The van der Waals surface area contributed by atoms with E-state index in [4.69, 9.17) is 14.2 Å². The molecule has 0 bridgehead atoms. The molecule has 104 valence electrons. The summed E-state index contributed by atoms with van der Waals surface area (Å²) < 4.78 is 15.3. The summed E-state index contributed by atoms with van der Waals surface area (Å²) in [6.07, 6.45) is -0.579. The molecule has 19 heavy (non-hydrogen) atoms. The van der Waals surface area contributed by atoms with Crippen LogP contribution >= 0.6 is 0 Å². The van der Waals surface area contributed by atoms with Crippen LogP contribution in [0.15, 0.2) is 30.3 Å². The van der Waals surface area contributed by atoms with Gasteiger partial charge in [-0.1, -0.05) is 30.3 Å². The van der Waals surface area contributed by atoms with Crippen molar-refractivity contribution in [3.63, 3.8) is 0 Å². The van der Waals surface area contributed by atoms with Crippen LogP contribution in [0.1, 0.15) is 19.4 Å². The lowest BCUT2D eigenvalue weighted by Crippen LogP contribution is -2.28. The molecule has 0 spiro atoms. The number of hydrogen-bond acceptors (Lipinski definition) is 5. The Labute approximate surface area is 112 Å². The first kappa shape index (κ1) is 15.2. The molecule has 1 rings (SSSR count). The van der Waals surface area contributed by atoms with Crippen LogP contribution in [0.4, 0.5) is 0 Å². The van der Waals surface area contributed by atoms with Crippen LogP contribution in [0, 0.1) is 0 Å². The Kier molecular flexibility index (Phi) is 6.60. The van der Waals surface area contributed by atoms with E-state index in [0.29, 0.717) is 6.61 Å². The molecule has 0 N–H and O–H groups in total. The molecule has 0 radical (unpaired) electrons. The van der Waals surface area contributed by atoms with Crippen molar-refractivity contribution in [1.82, 2.24) is 0 Å². The number of carbonyl (C=O) groups is 2. The van der Waals surface area contributed by atoms with Gasteiger partial charge in [0.1, 0.15) is 6.61 Å². The zero-order valence-electron chi connectivity index (χ0n) is 11.1. The summed E-state index contributed by atoms with van der Waals surface area (Å²) in [5.74, 6) is -0.847. The third-order valence-electron chi connectivity index (χ3n) is 2.22. The molecule has 0 fully saturated rings. The Bertz CT molecular complexity index is 402. The maximum Gasteiger partial charge on any atom is 0.303 e. The van der Waals surface area contributed by atoms with Crippen molar-refractivity contribution >= 4 is 11.9 Å². The van der Waals surface area contributed by atoms with E-state index in [1.165, 1.54) is 13.8 Å². The van der Waals surface area contributed by atoms with Gasteiger partial charge in [-0.05, 0) is 5.56 Å². The van der Waals surface area contributed by atoms with E-state index in [1.54, 1.807) is 0 Å². The van der Waals surface area contributed by atoms with E-state index in [2.05, 4.69) is 0 Å². The van der Waals surface area contributed by atoms with Gasteiger partial charge in [-0.3, -0.25) is 9.59 Å². The van der Waals surface area contributed by atoms with Gasteiger partial charge >= 0.3 is 11.9 Å². The third kappa shape index (κ3) is 7.21. The van der Waals surface area contributed by atoms with Crippen molar-refractivity contribution in [2.45, 2.75) is 26.6 Å². The van der Waals surface area contributed by atoms with Crippen molar-refractivity contribution in [3.05, 3.63) is 35.9 Å². The van der Waals surface area contributed by atoms with Crippen molar-refractivity contribution < 1.29 is 23.8 Å². The molecule has 0 unspecified atom stereocenters. The Morgan fingerprint density at radius 2 is 1.74 bits per heavy atom. The first-order chi connectivity index (χ1) is 9.08. The molecule has 0 saturated carbocycles. The van der Waals surface area contributed by atoms with E-state index in [-0.39, 0.29) is 13.2 Å². The van der Waals surface area contributed by atoms with Gasteiger partial charge in [0.05, 0.1) is 13.2 Å². The van der Waals surface area contributed by atoms with E-state index in [1.807, 2.05) is 30.3 Å². The molecule has 5 heteroatoms. The molecule has 0 amide bonds. The highest BCUT2D eigenvalue weighted by Gasteiger charge is 2.14. The minimum atomic E-state index is -0.579. The van der Waals surface area contributed by atoms with Crippen molar-refractivity contribution in [2.24, 2.45) is 0 Å². The lowest BCUT2D eigenvalue weighted by Gasteiger charge is -2.16. The van der Waals surface area contributed by atoms with Gasteiger partial charge in [-0.2, -0.15) is 0 Å². The fourth-order valence-electron chi connectivity index (χ4n) is 1.44. The van der Waals surface area contributed by atoms with Crippen LogP contribution in [0.3, 0.4) is 0 Å². The van der Waals surface area contributed by atoms with Gasteiger partial charge in [-0.25, -0.2) is 0 Å². The molecule has 0 aliphatic rings. The Balaban J connectivity index is 2.35. The predicted octanol–water partition coefficient (Wildman–Crippen LogP) is 1.70. The van der Waals surface area contributed by atoms with E-state index in [9.17, 15) is 9.59 Å². The highest BCUT2D eigenvalue weighted by atomic mass is 16.6. The number of esters is 2. The number of rotatable bonds is 7. The maximum atomic E-state index is 10.9. The van der Waals surface area contributed by atoms with E-state index < -0.39 is 18.0 Å². The van der Waals surface area contributed by atoms with Crippen LogP contribution in [-0.2, 0) is 30.4 Å². The van der Waals surface area contributed by atoms with Gasteiger partial charge in [0, 0.05) is 13.8 Å². The average molecular weight is 266 g/mol. The lowest BCUT2D eigenvalue weighted by atomic mass is 10.2. The summed E-state index contributed by atoms with van der Waals surface area (Å²) in [5.41, 5.74) is 1.02.